The number of halogens is 2. The van der Waals surface area contributed by atoms with Crippen LogP contribution in [0.5, 0.6) is 0 Å². The highest BCUT2D eigenvalue weighted by Crippen LogP contribution is 2.52. The molecule has 2 atom stereocenters. The summed E-state index contributed by atoms with van der Waals surface area (Å²) in [5.41, 5.74) is 2.68. The Bertz CT molecular complexity index is 1200. The van der Waals surface area contributed by atoms with Gasteiger partial charge in [0.1, 0.15) is 11.3 Å². The molecule has 1 amide bonds. The van der Waals surface area contributed by atoms with Crippen molar-refractivity contribution in [2.75, 3.05) is 6.54 Å². The molecule has 5 nitrogen and oxygen atoms in total. The molecule has 7 heteroatoms. The summed E-state index contributed by atoms with van der Waals surface area (Å²) in [5.74, 6) is -0.166. The van der Waals surface area contributed by atoms with Crippen molar-refractivity contribution in [3.8, 4) is 11.3 Å². The van der Waals surface area contributed by atoms with Gasteiger partial charge in [-0.05, 0) is 43.1 Å². The van der Waals surface area contributed by atoms with E-state index in [0.717, 1.165) is 34.9 Å². The average molecular weight is 439 g/mol. The summed E-state index contributed by atoms with van der Waals surface area (Å²) >= 11 is 0. The van der Waals surface area contributed by atoms with Crippen LogP contribution in [0.3, 0.4) is 0 Å². The van der Waals surface area contributed by atoms with Crippen LogP contribution in [0.1, 0.15) is 68.1 Å². The predicted molar refractivity (Wildman–Crippen MR) is 119 cm³/mol. The highest BCUT2D eigenvalue weighted by Gasteiger charge is 2.51. The Labute approximate surface area is 186 Å². The number of aryl methyl sites for hydroxylation is 1. The molecule has 2 bridgehead atoms. The highest BCUT2D eigenvalue weighted by atomic mass is 19.3. The van der Waals surface area contributed by atoms with Gasteiger partial charge in [-0.15, -0.1) is 0 Å². The fourth-order valence-corrected chi connectivity index (χ4v) is 6.02. The van der Waals surface area contributed by atoms with Crippen molar-refractivity contribution in [3.63, 3.8) is 0 Å². The van der Waals surface area contributed by atoms with E-state index in [1.807, 2.05) is 36.1 Å². The van der Waals surface area contributed by atoms with Gasteiger partial charge in [-0.1, -0.05) is 50.6 Å². The first-order valence-electron chi connectivity index (χ1n) is 11.1. The van der Waals surface area contributed by atoms with Crippen LogP contribution in [0.4, 0.5) is 8.78 Å². The molecule has 2 aliphatic rings. The van der Waals surface area contributed by atoms with Gasteiger partial charge < -0.3 is 4.90 Å². The molecule has 5 rings (SSSR count). The summed E-state index contributed by atoms with van der Waals surface area (Å²) in [7, 11) is 0. The molecule has 3 aromatic rings. The Morgan fingerprint density at radius 3 is 2.56 bits per heavy atom. The lowest BCUT2D eigenvalue weighted by molar-refractivity contribution is 0.0709. The number of likely N-dealkylation sites (tertiary alicyclic amines) is 1. The molecule has 0 spiro atoms. The molecule has 2 aromatic heterocycles. The quantitative estimate of drug-likeness (QED) is 0.528. The third-order valence-electron chi connectivity index (χ3n) is 6.98. The lowest BCUT2D eigenvalue weighted by Gasteiger charge is -2.39. The number of benzene rings is 1. The minimum absolute atomic E-state index is 0.0830. The van der Waals surface area contributed by atoms with E-state index in [-0.39, 0.29) is 39.7 Å². The van der Waals surface area contributed by atoms with Crippen LogP contribution in [0.25, 0.3) is 16.9 Å². The van der Waals surface area contributed by atoms with Crippen LogP contribution < -0.4 is 0 Å². The number of rotatable bonds is 3. The molecule has 1 aliphatic carbocycles. The van der Waals surface area contributed by atoms with Gasteiger partial charge >= 0.3 is 0 Å². The summed E-state index contributed by atoms with van der Waals surface area (Å²) in [6, 6.07) is 9.05. The van der Waals surface area contributed by atoms with Gasteiger partial charge in [0.05, 0.1) is 11.9 Å². The normalized spacial score (nSPS) is 24.5. The maximum absolute atomic E-state index is 13.9. The maximum Gasteiger partial charge on any atom is 0.280 e. The summed E-state index contributed by atoms with van der Waals surface area (Å²) in [4.78, 5) is 20.2. The number of carbonyl (C=O) groups excluding carboxylic acids is 1. The van der Waals surface area contributed by atoms with Gasteiger partial charge in [0.15, 0.2) is 5.65 Å². The van der Waals surface area contributed by atoms with Gasteiger partial charge in [-0.25, -0.2) is 18.3 Å². The van der Waals surface area contributed by atoms with Crippen LogP contribution in [-0.4, -0.2) is 38.0 Å². The molecule has 1 saturated heterocycles. The summed E-state index contributed by atoms with van der Waals surface area (Å²) < 4.78 is 28.9. The number of nitrogens with zero attached hydrogens (tertiary/aromatic N) is 4. The molecule has 1 aliphatic heterocycles. The first-order chi connectivity index (χ1) is 15.1. The van der Waals surface area contributed by atoms with E-state index in [9.17, 15) is 13.6 Å². The molecule has 0 radical (unpaired) electrons. The van der Waals surface area contributed by atoms with Crippen molar-refractivity contribution < 1.29 is 13.6 Å². The minimum atomic E-state index is -2.74. The second-order valence-electron chi connectivity index (χ2n) is 10.7. The Morgan fingerprint density at radius 2 is 1.88 bits per heavy atom. The zero-order chi connectivity index (χ0) is 22.8. The first kappa shape index (κ1) is 21.0. The number of hydrogen-bond acceptors (Lipinski definition) is 3. The lowest BCUT2D eigenvalue weighted by atomic mass is 9.65. The highest BCUT2D eigenvalue weighted by molar-refractivity contribution is 6.00. The average Bonchev–Trinajstić information content (AvgIpc) is 3.24. The van der Waals surface area contributed by atoms with Gasteiger partial charge in [0.2, 0.25) is 0 Å². The third-order valence-corrected chi connectivity index (χ3v) is 6.98. The number of carbonyl (C=O) groups is 1. The standard InChI is InChI=1S/C25H28F2N4O/c1-15-5-7-16(8-6-15)19-9-20(21(26)27)31-22(29-19)18(12-28-31)23(32)30-14-25(4)11-17(30)10-24(2,3)13-25/h5-9,12,17,21H,10-11,13-14H2,1-4H3. The fourth-order valence-electron chi connectivity index (χ4n) is 6.02. The zero-order valence-electron chi connectivity index (χ0n) is 18.9. The molecule has 1 aromatic carbocycles. The van der Waals surface area contributed by atoms with Crippen molar-refractivity contribution in [2.24, 2.45) is 10.8 Å². The topological polar surface area (TPSA) is 50.5 Å². The third kappa shape index (κ3) is 3.48. The van der Waals surface area contributed by atoms with E-state index < -0.39 is 6.43 Å². The second kappa shape index (κ2) is 7.09. The molecule has 168 valence electrons. The first-order valence-corrected chi connectivity index (χ1v) is 11.1. The molecule has 0 N–H and O–H groups in total. The smallest absolute Gasteiger partial charge is 0.280 e. The van der Waals surface area contributed by atoms with E-state index in [2.05, 4.69) is 30.9 Å². The number of amides is 1. The molecule has 2 unspecified atom stereocenters. The zero-order valence-corrected chi connectivity index (χ0v) is 18.9. The van der Waals surface area contributed by atoms with Crippen molar-refractivity contribution >= 4 is 11.6 Å². The van der Waals surface area contributed by atoms with Crippen molar-refractivity contribution in [3.05, 3.63) is 53.3 Å². The largest absolute Gasteiger partial charge is 0.335 e. The number of hydrogen-bond donors (Lipinski definition) is 0. The Morgan fingerprint density at radius 1 is 1.16 bits per heavy atom. The molecular weight excluding hydrogens is 410 g/mol. The lowest BCUT2D eigenvalue weighted by Crippen LogP contribution is -2.37. The monoisotopic (exact) mass is 438 g/mol. The molecule has 2 fully saturated rings. The van der Waals surface area contributed by atoms with E-state index in [4.69, 9.17) is 0 Å². The van der Waals surface area contributed by atoms with Gasteiger partial charge in [0, 0.05) is 18.2 Å². The molecule has 32 heavy (non-hydrogen) atoms. The molecule has 1 saturated carbocycles. The van der Waals surface area contributed by atoms with Gasteiger partial charge in [-0.3, -0.25) is 4.79 Å². The predicted octanol–water partition coefficient (Wildman–Crippen LogP) is 5.68. The van der Waals surface area contributed by atoms with Crippen molar-refractivity contribution in [1.82, 2.24) is 19.5 Å². The fraction of sp³-hybridized carbons (Fsp3) is 0.480. The van der Waals surface area contributed by atoms with Crippen LogP contribution in [0.15, 0.2) is 36.5 Å². The summed E-state index contributed by atoms with van der Waals surface area (Å²) in [6.07, 6.45) is 1.65. The Balaban J connectivity index is 1.59. The van der Waals surface area contributed by atoms with E-state index in [0.29, 0.717) is 12.2 Å². The Hall–Kier alpha value is -2.83. The molecular formula is C25H28F2N4O. The van der Waals surface area contributed by atoms with Gasteiger partial charge in [0.25, 0.3) is 12.3 Å². The maximum atomic E-state index is 13.9. The van der Waals surface area contributed by atoms with Crippen molar-refractivity contribution in [1.29, 1.82) is 0 Å². The number of alkyl halides is 2. The summed E-state index contributed by atoms with van der Waals surface area (Å²) in [5, 5.41) is 4.14. The molecule has 3 heterocycles. The number of fused-ring (bicyclic) bond motifs is 3. The van der Waals surface area contributed by atoms with Crippen LogP contribution >= 0.6 is 0 Å². The van der Waals surface area contributed by atoms with E-state index in [1.54, 1.807) is 0 Å². The SMILES string of the molecule is Cc1ccc(-c2cc(C(F)F)n3ncc(C(=O)N4CC5(C)CC4CC(C)(C)C5)c3n2)cc1. The van der Waals surface area contributed by atoms with Crippen LogP contribution in [-0.2, 0) is 0 Å². The summed E-state index contributed by atoms with van der Waals surface area (Å²) in [6.45, 7) is 9.40. The van der Waals surface area contributed by atoms with E-state index in [1.165, 1.54) is 12.3 Å². The Kier molecular flexibility index (Phi) is 4.66. The number of aromatic nitrogens is 3. The van der Waals surface area contributed by atoms with Crippen LogP contribution in [0, 0.1) is 17.8 Å². The van der Waals surface area contributed by atoms with Gasteiger partial charge in [-0.2, -0.15) is 5.10 Å². The van der Waals surface area contributed by atoms with Crippen LogP contribution in [0.2, 0.25) is 0 Å². The van der Waals surface area contributed by atoms with E-state index >= 15 is 0 Å². The minimum Gasteiger partial charge on any atom is -0.335 e. The van der Waals surface area contributed by atoms with Crippen molar-refractivity contribution in [2.45, 2.75) is 59.4 Å². The second-order valence-corrected chi connectivity index (χ2v) is 10.7.